The molecule has 26 heavy (non-hydrogen) atoms. The predicted molar refractivity (Wildman–Crippen MR) is 84.1 cm³/mol. The van der Waals surface area contributed by atoms with Gasteiger partial charge in [-0.2, -0.15) is 16.8 Å². The van der Waals surface area contributed by atoms with Gasteiger partial charge in [-0.1, -0.05) is 24.3 Å². The van der Waals surface area contributed by atoms with E-state index in [4.69, 9.17) is 9.11 Å². The van der Waals surface area contributed by atoms with Crippen molar-refractivity contribution < 1.29 is 43.9 Å². The van der Waals surface area contributed by atoms with Crippen LogP contribution in [0.4, 0.5) is 0 Å². The average Bonchev–Trinajstić information content (AvgIpc) is 2.51. The topological polar surface area (TPSA) is 161 Å². The van der Waals surface area contributed by atoms with Crippen molar-refractivity contribution in [3.8, 4) is 11.5 Å². The standard InChI is InChI=1S/C14H8O10S2/c15-12-7-3-1-2-4-8(7)13(16)11-9(12)5-6-10(23-25(17,18)19)14(11)24-26(20,21)22/h1-6H,(H,17,18,19)(H,20,21,22). The minimum atomic E-state index is -5.23. The number of hydrogen-bond acceptors (Lipinski definition) is 8. The van der Waals surface area contributed by atoms with E-state index in [1.807, 2.05) is 0 Å². The lowest BCUT2D eigenvalue weighted by Crippen LogP contribution is -2.23. The summed E-state index contributed by atoms with van der Waals surface area (Å²) in [5.41, 5.74) is -0.969. The van der Waals surface area contributed by atoms with Crippen molar-refractivity contribution in [3.05, 3.63) is 58.7 Å². The van der Waals surface area contributed by atoms with Crippen LogP contribution in [-0.2, 0) is 20.8 Å². The molecule has 1 aliphatic rings. The smallest absolute Gasteiger partial charge is 0.358 e. The molecule has 0 atom stereocenters. The third kappa shape index (κ3) is 3.30. The van der Waals surface area contributed by atoms with E-state index in [1.54, 1.807) is 0 Å². The van der Waals surface area contributed by atoms with Crippen LogP contribution in [0.15, 0.2) is 36.4 Å². The summed E-state index contributed by atoms with van der Waals surface area (Å²) in [5, 5.41) is 0. The Morgan fingerprint density at radius 2 is 1.23 bits per heavy atom. The first-order chi connectivity index (χ1) is 12.0. The van der Waals surface area contributed by atoms with Crippen LogP contribution < -0.4 is 8.37 Å². The zero-order valence-corrected chi connectivity index (χ0v) is 14.1. The molecule has 0 amide bonds. The third-order valence-electron chi connectivity index (χ3n) is 3.39. The molecule has 12 heteroatoms. The van der Waals surface area contributed by atoms with Crippen molar-refractivity contribution in [1.82, 2.24) is 0 Å². The maximum Gasteiger partial charge on any atom is 0.446 e. The predicted octanol–water partition coefficient (Wildman–Crippen LogP) is 0.825. The highest BCUT2D eigenvalue weighted by atomic mass is 32.3. The Bertz CT molecular complexity index is 1160. The van der Waals surface area contributed by atoms with Crippen LogP contribution in [0.1, 0.15) is 31.8 Å². The van der Waals surface area contributed by atoms with Crippen molar-refractivity contribution in [2.75, 3.05) is 0 Å². The van der Waals surface area contributed by atoms with Crippen molar-refractivity contribution in [3.63, 3.8) is 0 Å². The van der Waals surface area contributed by atoms with Gasteiger partial charge in [-0.15, -0.1) is 0 Å². The highest BCUT2D eigenvalue weighted by Gasteiger charge is 2.36. The molecule has 10 nitrogen and oxygen atoms in total. The van der Waals surface area contributed by atoms with Crippen LogP contribution in [0.25, 0.3) is 0 Å². The quantitative estimate of drug-likeness (QED) is 0.600. The van der Waals surface area contributed by atoms with Gasteiger partial charge in [0.05, 0.1) is 5.56 Å². The first-order valence-electron chi connectivity index (χ1n) is 6.67. The van der Waals surface area contributed by atoms with Gasteiger partial charge in [0.15, 0.2) is 17.3 Å². The van der Waals surface area contributed by atoms with E-state index in [1.165, 1.54) is 24.3 Å². The molecule has 0 unspecified atom stereocenters. The summed E-state index contributed by atoms with van der Waals surface area (Å²) in [5.74, 6) is -3.48. The minimum Gasteiger partial charge on any atom is -0.358 e. The Balaban J connectivity index is 2.33. The molecule has 0 saturated carbocycles. The highest BCUT2D eigenvalue weighted by molar-refractivity contribution is 7.81. The SMILES string of the molecule is O=C1c2ccccc2C(=O)c2c1ccc(OS(=O)(=O)O)c2OS(=O)(=O)O. The summed E-state index contributed by atoms with van der Waals surface area (Å²) < 4.78 is 70.3. The summed E-state index contributed by atoms with van der Waals surface area (Å²) in [7, 11) is -10.4. The van der Waals surface area contributed by atoms with Crippen LogP contribution >= 0.6 is 0 Å². The highest BCUT2D eigenvalue weighted by Crippen LogP contribution is 2.40. The van der Waals surface area contributed by atoms with Crippen LogP contribution in [-0.4, -0.2) is 37.5 Å². The minimum absolute atomic E-state index is 0.0475. The van der Waals surface area contributed by atoms with Crippen molar-refractivity contribution >= 4 is 32.4 Å². The second-order valence-electron chi connectivity index (χ2n) is 5.04. The van der Waals surface area contributed by atoms with Crippen LogP contribution in [0.2, 0.25) is 0 Å². The van der Waals surface area contributed by atoms with E-state index >= 15 is 0 Å². The fourth-order valence-electron chi connectivity index (χ4n) is 2.50. The monoisotopic (exact) mass is 400 g/mol. The largest absolute Gasteiger partial charge is 0.446 e. The van der Waals surface area contributed by atoms with Crippen LogP contribution in [0.3, 0.4) is 0 Å². The molecule has 0 aromatic heterocycles. The summed E-state index contributed by atoms with van der Waals surface area (Å²) >= 11 is 0. The summed E-state index contributed by atoms with van der Waals surface area (Å²) in [6.07, 6.45) is 0. The number of carbonyl (C=O) groups is 2. The number of fused-ring (bicyclic) bond motifs is 2. The normalized spacial score (nSPS) is 13.8. The Labute approximate surface area is 146 Å². The molecule has 0 heterocycles. The van der Waals surface area contributed by atoms with E-state index < -0.39 is 49.4 Å². The van der Waals surface area contributed by atoms with E-state index in [0.717, 1.165) is 12.1 Å². The molecule has 136 valence electrons. The van der Waals surface area contributed by atoms with Gasteiger partial charge in [0.25, 0.3) is 0 Å². The van der Waals surface area contributed by atoms with Gasteiger partial charge in [0, 0.05) is 16.7 Å². The molecule has 1 aliphatic carbocycles. The second-order valence-corrected chi connectivity index (χ2v) is 7.09. The fourth-order valence-corrected chi connectivity index (χ4v) is 3.24. The van der Waals surface area contributed by atoms with Crippen molar-refractivity contribution in [2.45, 2.75) is 0 Å². The summed E-state index contributed by atoms with van der Waals surface area (Å²) in [6, 6.07) is 7.45. The van der Waals surface area contributed by atoms with Gasteiger partial charge in [-0.05, 0) is 12.1 Å². The lowest BCUT2D eigenvalue weighted by atomic mass is 9.83. The van der Waals surface area contributed by atoms with Crippen LogP contribution in [0, 0.1) is 0 Å². The van der Waals surface area contributed by atoms with Gasteiger partial charge in [0.2, 0.25) is 5.75 Å². The second kappa shape index (κ2) is 5.88. The zero-order valence-electron chi connectivity index (χ0n) is 12.4. The first-order valence-corrected chi connectivity index (χ1v) is 9.40. The molecule has 0 fully saturated rings. The average molecular weight is 400 g/mol. The van der Waals surface area contributed by atoms with Gasteiger partial charge in [0.1, 0.15) is 0 Å². The number of hydrogen-bond donors (Lipinski definition) is 2. The van der Waals surface area contributed by atoms with Gasteiger partial charge in [-0.3, -0.25) is 18.7 Å². The fraction of sp³-hybridized carbons (Fsp3) is 0. The van der Waals surface area contributed by atoms with E-state index in [-0.39, 0.29) is 16.7 Å². The molecule has 2 aromatic rings. The van der Waals surface area contributed by atoms with E-state index in [2.05, 4.69) is 8.37 Å². The lowest BCUT2D eigenvalue weighted by molar-refractivity contribution is 0.0977. The van der Waals surface area contributed by atoms with E-state index in [9.17, 15) is 26.4 Å². The van der Waals surface area contributed by atoms with Crippen molar-refractivity contribution in [1.29, 1.82) is 0 Å². The molecular formula is C14H8O10S2. The molecule has 0 spiro atoms. The van der Waals surface area contributed by atoms with Crippen LogP contribution in [0.5, 0.6) is 11.5 Å². The Hall–Kier alpha value is -2.80. The van der Waals surface area contributed by atoms with E-state index in [0.29, 0.717) is 0 Å². The molecule has 3 rings (SSSR count). The zero-order chi connectivity index (χ0) is 19.3. The Morgan fingerprint density at radius 3 is 1.77 bits per heavy atom. The Kier molecular flexibility index (Phi) is 4.07. The summed E-state index contributed by atoms with van der Waals surface area (Å²) in [4.78, 5) is 25.2. The number of ketones is 2. The maximum absolute atomic E-state index is 12.7. The summed E-state index contributed by atoms with van der Waals surface area (Å²) in [6.45, 7) is 0. The molecule has 2 aromatic carbocycles. The maximum atomic E-state index is 12.7. The lowest BCUT2D eigenvalue weighted by Gasteiger charge is -2.20. The molecule has 0 saturated heterocycles. The molecule has 0 radical (unpaired) electrons. The number of carbonyl (C=O) groups excluding carboxylic acids is 2. The third-order valence-corrected chi connectivity index (χ3v) is 4.16. The Morgan fingerprint density at radius 1 is 0.692 bits per heavy atom. The van der Waals surface area contributed by atoms with Gasteiger partial charge >= 0.3 is 20.8 Å². The van der Waals surface area contributed by atoms with Gasteiger partial charge < -0.3 is 8.37 Å². The molecule has 0 aliphatic heterocycles. The molecule has 2 N–H and O–H groups in total. The first kappa shape index (κ1) is 18.0. The number of benzene rings is 2. The molecule has 0 bridgehead atoms. The molecular weight excluding hydrogens is 392 g/mol. The van der Waals surface area contributed by atoms with Crippen molar-refractivity contribution in [2.24, 2.45) is 0 Å². The number of rotatable bonds is 4. The van der Waals surface area contributed by atoms with Gasteiger partial charge in [-0.25, -0.2) is 0 Å².